The van der Waals surface area contributed by atoms with E-state index in [4.69, 9.17) is 0 Å². The van der Waals surface area contributed by atoms with Crippen LogP contribution in [0.4, 0.5) is 5.82 Å². The summed E-state index contributed by atoms with van der Waals surface area (Å²) < 4.78 is 2.13. The summed E-state index contributed by atoms with van der Waals surface area (Å²) in [6.07, 6.45) is 8.91. The molecule has 1 aliphatic rings. The van der Waals surface area contributed by atoms with Gasteiger partial charge in [-0.05, 0) is 24.8 Å². The quantitative estimate of drug-likeness (QED) is 0.913. The molecule has 112 valence electrons. The van der Waals surface area contributed by atoms with Crippen molar-refractivity contribution in [2.45, 2.75) is 58.0 Å². The van der Waals surface area contributed by atoms with Gasteiger partial charge < -0.3 is 5.32 Å². The van der Waals surface area contributed by atoms with E-state index in [2.05, 4.69) is 51.2 Å². The first-order valence-electron chi connectivity index (χ1n) is 7.82. The van der Waals surface area contributed by atoms with E-state index >= 15 is 0 Å². The second-order valence-corrected chi connectivity index (χ2v) is 6.06. The number of nitrogens with one attached hydrogen (secondary N) is 1. The van der Waals surface area contributed by atoms with E-state index in [1.54, 1.807) is 6.33 Å². The van der Waals surface area contributed by atoms with Gasteiger partial charge in [-0.25, -0.2) is 9.97 Å². The van der Waals surface area contributed by atoms with Gasteiger partial charge in [0.15, 0.2) is 0 Å². The van der Waals surface area contributed by atoms with Crippen molar-refractivity contribution in [2.75, 3.05) is 5.32 Å². The third-order valence-corrected chi connectivity index (χ3v) is 4.09. The molecule has 1 fully saturated rings. The molecular weight excluding hydrogens is 262 g/mol. The molecule has 1 N–H and O–H groups in total. The fourth-order valence-electron chi connectivity index (χ4n) is 2.81. The molecule has 0 unspecified atom stereocenters. The Kier molecular flexibility index (Phi) is 4.18. The van der Waals surface area contributed by atoms with E-state index in [0.29, 0.717) is 18.5 Å². The average molecular weight is 285 g/mol. The molecule has 5 nitrogen and oxygen atoms in total. The highest BCUT2D eigenvalue weighted by Gasteiger charge is 2.17. The Balaban J connectivity index is 1.61. The molecule has 0 aromatic carbocycles. The molecule has 5 heteroatoms. The van der Waals surface area contributed by atoms with Gasteiger partial charge in [0.2, 0.25) is 0 Å². The zero-order chi connectivity index (χ0) is 14.7. The van der Waals surface area contributed by atoms with Crippen molar-refractivity contribution < 1.29 is 0 Å². The molecule has 0 atom stereocenters. The van der Waals surface area contributed by atoms with Crippen molar-refractivity contribution in [3.8, 4) is 0 Å². The van der Waals surface area contributed by atoms with Crippen molar-refractivity contribution in [3.63, 3.8) is 0 Å². The van der Waals surface area contributed by atoms with Gasteiger partial charge in [0.05, 0.1) is 18.3 Å². The Hall–Kier alpha value is -1.91. The number of rotatable bonds is 5. The van der Waals surface area contributed by atoms with Crippen LogP contribution in [-0.4, -0.2) is 19.7 Å². The lowest BCUT2D eigenvalue weighted by Gasteiger charge is -2.09. The molecule has 1 aliphatic carbocycles. The lowest BCUT2D eigenvalue weighted by molar-refractivity contribution is 0.463. The summed E-state index contributed by atoms with van der Waals surface area (Å²) in [6.45, 7) is 4.97. The highest BCUT2D eigenvalue weighted by molar-refractivity contribution is 5.36. The van der Waals surface area contributed by atoms with Gasteiger partial charge in [-0.2, -0.15) is 5.10 Å². The molecule has 0 saturated heterocycles. The van der Waals surface area contributed by atoms with E-state index in [-0.39, 0.29) is 0 Å². The van der Waals surface area contributed by atoms with Crippen LogP contribution in [-0.2, 0) is 6.54 Å². The van der Waals surface area contributed by atoms with E-state index in [1.165, 1.54) is 25.7 Å². The van der Waals surface area contributed by atoms with Gasteiger partial charge >= 0.3 is 0 Å². The molecule has 0 amide bonds. The van der Waals surface area contributed by atoms with Crippen LogP contribution in [0.25, 0.3) is 0 Å². The normalized spacial score (nSPS) is 15.8. The smallest absolute Gasteiger partial charge is 0.129 e. The molecule has 0 spiro atoms. The predicted octanol–water partition coefficient (Wildman–Crippen LogP) is 3.52. The van der Waals surface area contributed by atoms with Crippen molar-refractivity contribution in [1.82, 2.24) is 19.7 Å². The third kappa shape index (κ3) is 3.40. The maximum Gasteiger partial charge on any atom is 0.129 e. The van der Waals surface area contributed by atoms with Gasteiger partial charge in [-0.3, -0.25) is 4.68 Å². The molecule has 0 bridgehead atoms. The van der Waals surface area contributed by atoms with Crippen LogP contribution in [0.1, 0.15) is 62.9 Å². The average Bonchev–Trinajstić information content (AvgIpc) is 3.16. The zero-order valence-corrected chi connectivity index (χ0v) is 12.8. The Bertz CT molecular complexity index is 584. The van der Waals surface area contributed by atoms with Gasteiger partial charge in [0, 0.05) is 18.0 Å². The summed E-state index contributed by atoms with van der Waals surface area (Å²) in [5, 5.41) is 8.01. The number of hydrogen-bond acceptors (Lipinski definition) is 4. The van der Waals surface area contributed by atoms with Crippen LogP contribution in [0, 0.1) is 0 Å². The summed E-state index contributed by atoms with van der Waals surface area (Å²) in [4.78, 5) is 8.54. The SMILES string of the molecule is CC(C)c1cc(NCc2ccn(C3CCCC3)n2)ncn1. The van der Waals surface area contributed by atoms with E-state index in [1.807, 2.05) is 6.07 Å². The third-order valence-electron chi connectivity index (χ3n) is 4.09. The molecule has 0 radical (unpaired) electrons. The Morgan fingerprint density at radius 2 is 2.10 bits per heavy atom. The lowest BCUT2D eigenvalue weighted by Crippen LogP contribution is -2.08. The molecule has 2 aromatic heterocycles. The first-order chi connectivity index (χ1) is 10.2. The van der Waals surface area contributed by atoms with Crippen molar-refractivity contribution in [3.05, 3.63) is 36.0 Å². The second-order valence-electron chi connectivity index (χ2n) is 6.06. The summed E-state index contributed by atoms with van der Waals surface area (Å²) in [5.41, 5.74) is 2.12. The van der Waals surface area contributed by atoms with Crippen molar-refractivity contribution in [2.24, 2.45) is 0 Å². The largest absolute Gasteiger partial charge is 0.364 e. The molecule has 2 heterocycles. The van der Waals surface area contributed by atoms with Gasteiger partial charge in [0.25, 0.3) is 0 Å². The topological polar surface area (TPSA) is 55.6 Å². The van der Waals surface area contributed by atoms with Crippen LogP contribution in [0.5, 0.6) is 0 Å². The number of aromatic nitrogens is 4. The van der Waals surface area contributed by atoms with Crippen LogP contribution in [0.15, 0.2) is 24.7 Å². The molecule has 3 rings (SSSR count). The Labute approximate surface area is 125 Å². The second kappa shape index (κ2) is 6.24. The number of anilines is 1. The van der Waals surface area contributed by atoms with Crippen LogP contribution < -0.4 is 5.32 Å². The molecular formula is C16H23N5. The Morgan fingerprint density at radius 1 is 1.29 bits per heavy atom. The van der Waals surface area contributed by atoms with E-state index in [0.717, 1.165) is 17.2 Å². The first-order valence-corrected chi connectivity index (χ1v) is 7.82. The number of hydrogen-bond donors (Lipinski definition) is 1. The van der Waals surface area contributed by atoms with Crippen LogP contribution in [0.2, 0.25) is 0 Å². The summed E-state index contributed by atoms with van der Waals surface area (Å²) >= 11 is 0. The fourth-order valence-corrected chi connectivity index (χ4v) is 2.81. The molecule has 0 aliphatic heterocycles. The monoisotopic (exact) mass is 285 g/mol. The standard InChI is InChI=1S/C16H23N5/c1-12(2)15-9-16(19-11-18-15)17-10-13-7-8-21(20-13)14-5-3-4-6-14/h7-9,11-12,14H,3-6,10H2,1-2H3,(H,17,18,19). The molecule has 1 saturated carbocycles. The minimum absolute atomic E-state index is 0.412. The van der Waals surface area contributed by atoms with Gasteiger partial charge in [-0.1, -0.05) is 26.7 Å². The van der Waals surface area contributed by atoms with Crippen LogP contribution in [0.3, 0.4) is 0 Å². The highest BCUT2D eigenvalue weighted by atomic mass is 15.3. The minimum atomic E-state index is 0.412. The maximum absolute atomic E-state index is 4.68. The highest BCUT2D eigenvalue weighted by Crippen LogP contribution is 2.28. The molecule has 2 aromatic rings. The van der Waals surface area contributed by atoms with E-state index < -0.39 is 0 Å². The summed E-state index contributed by atoms with van der Waals surface area (Å²) in [5.74, 6) is 1.28. The van der Waals surface area contributed by atoms with Crippen LogP contribution >= 0.6 is 0 Å². The van der Waals surface area contributed by atoms with Crippen molar-refractivity contribution in [1.29, 1.82) is 0 Å². The molecule has 21 heavy (non-hydrogen) atoms. The van der Waals surface area contributed by atoms with Crippen molar-refractivity contribution >= 4 is 5.82 Å². The van der Waals surface area contributed by atoms with E-state index in [9.17, 15) is 0 Å². The van der Waals surface area contributed by atoms with Gasteiger partial charge in [0.1, 0.15) is 12.1 Å². The maximum atomic E-state index is 4.68. The Morgan fingerprint density at radius 3 is 2.86 bits per heavy atom. The van der Waals surface area contributed by atoms with Gasteiger partial charge in [-0.15, -0.1) is 0 Å². The zero-order valence-electron chi connectivity index (χ0n) is 12.8. The first kappa shape index (κ1) is 14.0. The fraction of sp³-hybridized carbons (Fsp3) is 0.562. The summed E-state index contributed by atoms with van der Waals surface area (Å²) in [6, 6.07) is 4.71. The summed E-state index contributed by atoms with van der Waals surface area (Å²) in [7, 11) is 0. The predicted molar refractivity (Wildman–Crippen MR) is 83.2 cm³/mol. The number of nitrogens with zero attached hydrogens (tertiary/aromatic N) is 4. The lowest BCUT2D eigenvalue weighted by atomic mass is 10.1. The minimum Gasteiger partial charge on any atom is -0.364 e.